The summed E-state index contributed by atoms with van der Waals surface area (Å²) in [5, 5.41) is 19.6. The van der Waals surface area contributed by atoms with Crippen molar-refractivity contribution in [3.05, 3.63) is 81.9 Å². The van der Waals surface area contributed by atoms with Crippen molar-refractivity contribution in [3.63, 3.8) is 0 Å². The summed E-state index contributed by atoms with van der Waals surface area (Å²) in [7, 11) is 0. The molecule has 0 spiro atoms. The fraction of sp³-hybridized carbons (Fsp3) is 0.143. The molecule has 0 aliphatic carbocycles. The lowest BCUT2D eigenvalue weighted by atomic mass is 9.95. The Morgan fingerprint density at radius 1 is 1.10 bits per heavy atom. The minimum absolute atomic E-state index is 0.0219. The van der Waals surface area contributed by atoms with Crippen LogP contribution in [-0.4, -0.2) is 27.0 Å². The predicted octanol–water partition coefficient (Wildman–Crippen LogP) is 4.01. The Labute approximate surface area is 174 Å². The number of Topliss-reactive ketones (excluding diaryl/α,β-unsaturated/α-hetero) is 1. The summed E-state index contributed by atoms with van der Waals surface area (Å²) in [5.41, 5.74) is -0.152. The summed E-state index contributed by atoms with van der Waals surface area (Å²) >= 11 is 1.11. The molecule has 1 amide bonds. The molecule has 1 aliphatic heterocycles. The molecule has 0 bridgehead atoms. The van der Waals surface area contributed by atoms with Gasteiger partial charge in [0.2, 0.25) is 5.13 Å². The van der Waals surface area contributed by atoms with Crippen molar-refractivity contribution < 1.29 is 23.5 Å². The van der Waals surface area contributed by atoms with E-state index in [1.165, 1.54) is 30.3 Å². The third-order valence-corrected chi connectivity index (χ3v) is 5.79. The first-order valence-electron chi connectivity index (χ1n) is 9.06. The Bertz CT molecular complexity index is 1170. The normalized spacial score (nSPS) is 18.2. The Hall–Kier alpha value is -3.46. The standard InChI is InChI=1S/C21H15F2N3O3S/c1-2-15-24-25-21(30-15)26-17(13-5-3-4-6-14(13)23)16(19(28)20(26)29)18(27)11-7-9-12(22)10-8-11/h3-10,17,27H,2H2,1H3/b18-16+. The highest BCUT2D eigenvalue weighted by molar-refractivity contribution is 7.15. The highest BCUT2D eigenvalue weighted by Gasteiger charge is 2.49. The molecule has 4 rings (SSSR count). The van der Waals surface area contributed by atoms with E-state index in [9.17, 15) is 23.5 Å². The quantitative estimate of drug-likeness (QED) is 0.387. The van der Waals surface area contributed by atoms with Crippen LogP contribution in [0.15, 0.2) is 54.1 Å². The van der Waals surface area contributed by atoms with Crippen LogP contribution in [-0.2, 0) is 16.0 Å². The van der Waals surface area contributed by atoms with E-state index < -0.39 is 35.1 Å². The number of carbonyl (C=O) groups excluding carboxylic acids is 2. The van der Waals surface area contributed by atoms with Crippen molar-refractivity contribution in [2.45, 2.75) is 19.4 Å². The molecule has 30 heavy (non-hydrogen) atoms. The molecule has 1 fully saturated rings. The fourth-order valence-electron chi connectivity index (χ4n) is 3.27. The van der Waals surface area contributed by atoms with Crippen LogP contribution in [0.4, 0.5) is 13.9 Å². The summed E-state index contributed by atoms with van der Waals surface area (Å²) in [6.45, 7) is 1.86. The molecule has 1 saturated heterocycles. The van der Waals surface area contributed by atoms with E-state index in [2.05, 4.69) is 10.2 Å². The second kappa shape index (κ2) is 7.75. The van der Waals surface area contributed by atoms with Gasteiger partial charge in [-0.25, -0.2) is 8.78 Å². The van der Waals surface area contributed by atoms with Gasteiger partial charge < -0.3 is 5.11 Å². The van der Waals surface area contributed by atoms with Crippen LogP contribution in [0.2, 0.25) is 0 Å². The molecule has 3 aromatic rings. The van der Waals surface area contributed by atoms with Gasteiger partial charge in [-0.3, -0.25) is 14.5 Å². The minimum Gasteiger partial charge on any atom is -0.507 e. The third kappa shape index (κ3) is 3.26. The first-order valence-corrected chi connectivity index (χ1v) is 9.87. The van der Waals surface area contributed by atoms with E-state index in [1.54, 1.807) is 6.07 Å². The van der Waals surface area contributed by atoms with Crippen LogP contribution in [0.5, 0.6) is 0 Å². The van der Waals surface area contributed by atoms with Crippen LogP contribution in [0.1, 0.15) is 29.1 Å². The van der Waals surface area contributed by atoms with Crippen molar-refractivity contribution in [3.8, 4) is 0 Å². The molecule has 1 aromatic heterocycles. The van der Waals surface area contributed by atoms with Crippen LogP contribution < -0.4 is 4.90 Å². The smallest absolute Gasteiger partial charge is 0.301 e. The zero-order chi connectivity index (χ0) is 21.4. The van der Waals surface area contributed by atoms with Crippen molar-refractivity contribution in [2.24, 2.45) is 0 Å². The van der Waals surface area contributed by atoms with Gasteiger partial charge in [-0.05, 0) is 36.8 Å². The van der Waals surface area contributed by atoms with Gasteiger partial charge in [0.15, 0.2) is 0 Å². The number of anilines is 1. The molecule has 2 aromatic carbocycles. The van der Waals surface area contributed by atoms with Crippen LogP contribution in [0.25, 0.3) is 5.76 Å². The molecule has 0 saturated carbocycles. The number of hydrogen-bond donors (Lipinski definition) is 1. The summed E-state index contributed by atoms with van der Waals surface area (Å²) in [4.78, 5) is 26.8. The molecular weight excluding hydrogens is 412 g/mol. The Balaban J connectivity index is 1.95. The maximum atomic E-state index is 14.7. The van der Waals surface area contributed by atoms with E-state index >= 15 is 0 Å². The average molecular weight is 427 g/mol. The van der Waals surface area contributed by atoms with Crippen molar-refractivity contribution in [2.75, 3.05) is 4.90 Å². The predicted molar refractivity (Wildman–Crippen MR) is 107 cm³/mol. The first-order chi connectivity index (χ1) is 14.4. The maximum Gasteiger partial charge on any atom is 0.301 e. The number of aromatic nitrogens is 2. The number of aryl methyl sites for hydroxylation is 1. The molecular formula is C21H15F2N3O3S. The molecule has 2 heterocycles. The molecule has 0 radical (unpaired) electrons. The maximum absolute atomic E-state index is 14.7. The molecule has 1 unspecified atom stereocenters. The average Bonchev–Trinajstić information content (AvgIpc) is 3.31. The van der Waals surface area contributed by atoms with E-state index in [0.717, 1.165) is 28.4 Å². The number of nitrogens with zero attached hydrogens (tertiary/aromatic N) is 3. The van der Waals surface area contributed by atoms with Gasteiger partial charge in [-0.2, -0.15) is 0 Å². The number of aliphatic hydroxyl groups is 1. The monoisotopic (exact) mass is 427 g/mol. The summed E-state index contributed by atoms with van der Waals surface area (Å²) < 4.78 is 28.0. The number of halogens is 2. The Kier molecular flexibility index (Phi) is 5.13. The van der Waals surface area contributed by atoms with Crippen LogP contribution >= 0.6 is 11.3 Å². The van der Waals surface area contributed by atoms with Crippen molar-refractivity contribution in [1.29, 1.82) is 0 Å². The van der Waals surface area contributed by atoms with Gasteiger partial charge in [0.1, 0.15) is 28.4 Å². The largest absolute Gasteiger partial charge is 0.507 e. The molecule has 152 valence electrons. The molecule has 1 atom stereocenters. The fourth-order valence-corrected chi connectivity index (χ4v) is 4.07. The minimum atomic E-state index is -1.24. The van der Waals surface area contributed by atoms with Crippen LogP contribution in [0.3, 0.4) is 0 Å². The number of aliphatic hydroxyl groups excluding tert-OH is 1. The number of ketones is 1. The SMILES string of the molecule is CCc1nnc(N2C(=O)C(=O)/C(=C(/O)c3ccc(F)cc3)C2c2ccccc2F)s1. The number of benzene rings is 2. The van der Waals surface area contributed by atoms with Gasteiger partial charge in [0.25, 0.3) is 5.78 Å². The van der Waals surface area contributed by atoms with Gasteiger partial charge in [0.05, 0.1) is 5.57 Å². The van der Waals surface area contributed by atoms with Crippen molar-refractivity contribution in [1.82, 2.24) is 10.2 Å². The van der Waals surface area contributed by atoms with Gasteiger partial charge in [-0.15, -0.1) is 10.2 Å². The van der Waals surface area contributed by atoms with E-state index in [1.807, 2.05) is 6.92 Å². The molecule has 1 aliphatic rings. The lowest BCUT2D eigenvalue weighted by Crippen LogP contribution is -2.29. The third-order valence-electron chi connectivity index (χ3n) is 4.73. The first kappa shape index (κ1) is 19.8. The lowest BCUT2D eigenvalue weighted by Gasteiger charge is -2.22. The van der Waals surface area contributed by atoms with E-state index in [4.69, 9.17) is 0 Å². The number of hydrogen-bond acceptors (Lipinski definition) is 6. The van der Waals surface area contributed by atoms with Gasteiger partial charge >= 0.3 is 5.91 Å². The Morgan fingerprint density at radius 2 is 1.80 bits per heavy atom. The zero-order valence-electron chi connectivity index (χ0n) is 15.7. The van der Waals surface area contributed by atoms with E-state index in [0.29, 0.717) is 11.4 Å². The molecule has 1 N–H and O–H groups in total. The van der Waals surface area contributed by atoms with Gasteiger partial charge in [0, 0.05) is 11.1 Å². The Morgan fingerprint density at radius 3 is 2.43 bits per heavy atom. The molecule has 9 heteroatoms. The number of amides is 1. The second-order valence-electron chi connectivity index (χ2n) is 6.53. The topological polar surface area (TPSA) is 83.4 Å². The van der Waals surface area contributed by atoms with Crippen LogP contribution in [0, 0.1) is 11.6 Å². The van der Waals surface area contributed by atoms with E-state index in [-0.39, 0.29) is 21.8 Å². The highest BCUT2D eigenvalue weighted by atomic mass is 32.1. The second-order valence-corrected chi connectivity index (χ2v) is 7.57. The number of carbonyl (C=O) groups is 2. The summed E-state index contributed by atoms with van der Waals surface area (Å²) in [6.07, 6.45) is 0.571. The highest BCUT2D eigenvalue weighted by Crippen LogP contribution is 2.43. The van der Waals surface area contributed by atoms with Crippen molar-refractivity contribution >= 4 is 33.9 Å². The zero-order valence-corrected chi connectivity index (χ0v) is 16.5. The molecule has 6 nitrogen and oxygen atoms in total. The summed E-state index contributed by atoms with van der Waals surface area (Å²) in [5.74, 6) is -3.65. The summed E-state index contributed by atoms with van der Waals surface area (Å²) in [6, 6.07) is 9.20. The van der Waals surface area contributed by atoms with Gasteiger partial charge in [-0.1, -0.05) is 36.5 Å². The lowest BCUT2D eigenvalue weighted by molar-refractivity contribution is -0.132. The number of rotatable bonds is 4.